The van der Waals surface area contributed by atoms with Gasteiger partial charge >= 0.3 is 0 Å². The molecule has 0 aliphatic heterocycles. The number of rotatable bonds is 8. The van der Waals surface area contributed by atoms with Crippen molar-refractivity contribution in [2.24, 2.45) is 0 Å². The summed E-state index contributed by atoms with van der Waals surface area (Å²) in [6.45, 7) is 0.589. The van der Waals surface area contributed by atoms with Gasteiger partial charge in [0.1, 0.15) is 12.7 Å². The van der Waals surface area contributed by atoms with Gasteiger partial charge < -0.3 is 9.84 Å². The zero-order valence-corrected chi connectivity index (χ0v) is 11.5. The molecule has 0 saturated heterocycles. The topological polar surface area (TPSA) is 50.7 Å². The molecule has 5 heteroatoms. The number of hydrogen-bond acceptors (Lipinski definition) is 4. The Hall–Kier alpha value is -1.95. The molecule has 0 spiro atoms. The molecule has 0 amide bonds. The van der Waals surface area contributed by atoms with E-state index in [1.807, 2.05) is 30.3 Å². The third-order valence-corrected chi connectivity index (χ3v) is 2.77. The molecular weight excluding hydrogens is 273 g/mol. The van der Waals surface area contributed by atoms with Gasteiger partial charge in [-0.2, -0.15) is 5.48 Å². The van der Waals surface area contributed by atoms with Crippen molar-refractivity contribution < 1.29 is 19.1 Å². The van der Waals surface area contributed by atoms with E-state index in [0.717, 1.165) is 5.56 Å². The van der Waals surface area contributed by atoms with Crippen LogP contribution in [0.1, 0.15) is 5.56 Å². The predicted molar refractivity (Wildman–Crippen MR) is 77.1 cm³/mol. The molecule has 2 aromatic carbocycles. The van der Waals surface area contributed by atoms with Gasteiger partial charge in [-0.3, -0.25) is 4.84 Å². The Morgan fingerprint density at radius 2 is 1.76 bits per heavy atom. The Balaban J connectivity index is 1.62. The van der Waals surface area contributed by atoms with Crippen LogP contribution in [0.2, 0.25) is 0 Å². The van der Waals surface area contributed by atoms with Crippen LogP contribution in [0, 0.1) is 5.82 Å². The number of halogens is 1. The minimum Gasteiger partial charge on any atom is -0.488 e. The summed E-state index contributed by atoms with van der Waals surface area (Å²) in [7, 11) is 0. The number of hydrogen-bond donors (Lipinski definition) is 2. The van der Waals surface area contributed by atoms with Gasteiger partial charge in [0.05, 0.1) is 13.2 Å². The summed E-state index contributed by atoms with van der Waals surface area (Å²) in [5.41, 5.74) is 3.69. The van der Waals surface area contributed by atoms with E-state index < -0.39 is 11.9 Å². The monoisotopic (exact) mass is 291 g/mol. The van der Waals surface area contributed by atoms with E-state index >= 15 is 0 Å². The quantitative estimate of drug-likeness (QED) is 0.579. The molecule has 21 heavy (non-hydrogen) atoms. The van der Waals surface area contributed by atoms with Crippen molar-refractivity contribution in [2.75, 3.05) is 13.2 Å². The summed E-state index contributed by atoms with van der Waals surface area (Å²) in [5, 5.41) is 9.71. The maximum absolute atomic E-state index is 13.3. The third-order valence-electron chi connectivity index (χ3n) is 2.77. The fraction of sp³-hybridized carbons (Fsp3) is 0.250. The molecule has 112 valence electrons. The molecule has 4 nitrogen and oxygen atoms in total. The van der Waals surface area contributed by atoms with Crippen LogP contribution < -0.4 is 10.2 Å². The highest BCUT2D eigenvalue weighted by Crippen LogP contribution is 2.15. The van der Waals surface area contributed by atoms with E-state index in [4.69, 9.17) is 9.57 Å². The second-order valence-corrected chi connectivity index (χ2v) is 4.52. The molecule has 0 aliphatic rings. The van der Waals surface area contributed by atoms with Crippen molar-refractivity contribution in [3.8, 4) is 5.75 Å². The van der Waals surface area contributed by atoms with Crippen molar-refractivity contribution in [2.45, 2.75) is 12.7 Å². The highest BCUT2D eigenvalue weighted by atomic mass is 19.1. The minimum atomic E-state index is -0.791. The summed E-state index contributed by atoms with van der Waals surface area (Å²) in [5.74, 6) is -0.320. The smallest absolute Gasteiger partial charge is 0.165 e. The molecule has 1 unspecified atom stereocenters. The van der Waals surface area contributed by atoms with E-state index in [2.05, 4.69) is 5.48 Å². The van der Waals surface area contributed by atoms with E-state index in [9.17, 15) is 9.50 Å². The molecular formula is C16H18FNO3. The lowest BCUT2D eigenvalue weighted by molar-refractivity contribution is -0.00623. The summed E-state index contributed by atoms with van der Waals surface area (Å²) in [4.78, 5) is 5.23. The van der Waals surface area contributed by atoms with Crippen molar-refractivity contribution in [3.05, 3.63) is 66.0 Å². The molecule has 1 atom stereocenters. The molecule has 0 fully saturated rings. The van der Waals surface area contributed by atoms with Crippen molar-refractivity contribution >= 4 is 0 Å². The van der Waals surface area contributed by atoms with Crippen molar-refractivity contribution in [3.63, 3.8) is 0 Å². The highest BCUT2D eigenvalue weighted by molar-refractivity contribution is 5.23. The summed E-state index contributed by atoms with van der Waals surface area (Å²) in [6, 6.07) is 15.7. The average Bonchev–Trinajstić information content (AvgIpc) is 2.52. The number of aliphatic hydroxyl groups excluding tert-OH is 1. The van der Waals surface area contributed by atoms with E-state index in [-0.39, 0.29) is 18.9 Å². The molecule has 2 N–H and O–H groups in total. The van der Waals surface area contributed by atoms with Crippen LogP contribution in [0.15, 0.2) is 54.6 Å². The second-order valence-electron chi connectivity index (χ2n) is 4.52. The first kappa shape index (κ1) is 15.4. The van der Waals surface area contributed by atoms with Gasteiger partial charge in [-0.1, -0.05) is 42.5 Å². The lowest BCUT2D eigenvalue weighted by atomic mass is 10.2. The van der Waals surface area contributed by atoms with Crippen LogP contribution in [-0.4, -0.2) is 24.4 Å². The lowest BCUT2D eigenvalue weighted by Crippen LogP contribution is -2.31. The fourth-order valence-corrected chi connectivity index (χ4v) is 1.67. The molecule has 0 saturated carbocycles. The summed E-state index contributed by atoms with van der Waals surface area (Å²) in [6.07, 6.45) is -0.791. The van der Waals surface area contributed by atoms with E-state index in [1.54, 1.807) is 12.1 Å². The normalized spacial score (nSPS) is 12.1. The molecule has 0 aliphatic carbocycles. The van der Waals surface area contributed by atoms with Gasteiger partial charge in [0.25, 0.3) is 0 Å². The van der Waals surface area contributed by atoms with Gasteiger partial charge in [0.15, 0.2) is 11.6 Å². The van der Waals surface area contributed by atoms with Gasteiger partial charge in [0, 0.05) is 0 Å². The maximum Gasteiger partial charge on any atom is 0.165 e. The number of ether oxygens (including phenoxy) is 1. The van der Waals surface area contributed by atoms with E-state index in [1.165, 1.54) is 12.1 Å². The van der Waals surface area contributed by atoms with Gasteiger partial charge in [-0.15, -0.1) is 0 Å². The standard InChI is InChI=1S/C16H18FNO3/c17-15-8-4-5-9-16(15)20-12-14(19)10-18-21-11-13-6-2-1-3-7-13/h1-9,14,18-19H,10-12H2. The molecule has 0 heterocycles. The first-order valence-electron chi connectivity index (χ1n) is 6.69. The minimum absolute atomic E-state index is 0.0113. The molecule has 0 radical (unpaired) electrons. The first-order valence-corrected chi connectivity index (χ1v) is 6.69. The van der Waals surface area contributed by atoms with Crippen molar-refractivity contribution in [1.82, 2.24) is 5.48 Å². The number of para-hydroxylation sites is 1. The van der Waals surface area contributed by atoms with Crippen LogP contribution in [0.25, 0.3) is 0 Å². The zero-order valence-electron chi connectivity index (χ0n) is 11.5. The highest BCUT2D eigenvalue weighted by Gasteiger charge is 2.07. The van der Waals surface area contributed by atoms with Crippen LogP contribution in [-0.2, 0) is 11.4 Å². The van der Waals surface area contributed by atoms with Crippen LogP contribution in [0.3, 0.4) is 0 Å². The van der Waals surface area contributed by atoms with E-state index in [0.29, 0.717) is 6.61 Å². The largest absolute Gasteiger partial charge is 0.488 e. The van der Waals surface area contributed by atoms with Gasteiger partial charge in [-0.05, 0) is 17.7 Å². The lowest BCUT2D eigenvalue weighted by Gasteiger charge is -2.13. The van der Waals surface area contributed by atoms with Crippen molar-refractivity contribution in [1.29, 1.82) is 0 Å². The predicted octanol–water partition coefficient (Wildman–Crippen LogP) is 2.29. The molecule has 0 bridgehead atoms. The SMILES string of the molecule is OC(CNOCc1ccccc1)COc1ccccc1F. The van der Waals surface area contributed by atoms with Gasteiger partial charge in [-0.25, -0.2) is 4.39 Å². The molecule has 2 rings (SSSR count). The number of aliphatic hydroxyl groups is 1. The van der Waals surface area contributed by atoms with Crippen LogP contribution in [0.5, 0.6) is 5.75 Å². The number of benzene rings is 2. The summed E-state index contributed by atoms with van der Waals surface area (Å²) < 4.78 is 18.5. The molecule has 2 aromatic rings. The Labute approximate surface area is 123 Å². The Morgan fingerprint density at radius 3 is 2.52 bits per heavy atom. The Kier molecular flexibility index (Phi) is 6.15. The fourth-order valence-electron chi connectivity index (χ4n) is 1.67. The number of hydroxylamine groups is 1. The maximum atomic E-state index is 13.3. The average molecular weight is 291 g/mol. The Bertz CT molecular complexity index is 536. The Morgan fingerprint density at radius 1 is 1.05 bits per heavy atom. The first-order chi connectivity index (χ1) is 10.3. The number of nitrogens with one attached hydrogen (secondary N) is 1. The zero-order chi connectivity index (χ0) is 14.9. The molecule has 0 aromatic heterocycles. The van der Waals surface area contributed by atoms with Crippen LogP contribution in [0.4, 0.5) is 4.39 Å². The summed E-state index contributed by atoms with van der Waals surface area (Å²) >= 11 is 0. The second kappa shape index (κ2) is 8.36. The van der Waals surface area contributed by atoms with Gasteiger partial charge in [0.2, 0.25) is 0 Å². The van der Waals surface area contributed by atoms with Crippen LogP contribution >= 0.6 is 0 Å². The third kappa shape index (κ3) is 5.51.